The van der Waals surface area contributed by atoms with Crippen molar-refractivity contribution in [1.82, 2.24) is 4.57 Å². The van der Waals surface area contributed by atoms with Crippen LogP contribution in [-0.4, -0.2) is 10.4 Å². The average Bonchev–Trinajstić information content (AvgIpc) is 2.78. The number of rotatable bonds is 3. The van der Waals surface area contributed by atoms with Crippen LogP contribution in [0.25, 0.3) is 5.69 Å². The number of nitrogens with zero attached hydrogens (tertiary/aromatic N) is 1. The molecule has 2 aromatic rings. The Morgan fingerprint density at radius 2 is 1.90 bits per heavy atom. The Hall–Kier alpha value is -1.83. The smallest absolute Gasteiger partial charge is 0.164 e. The second kappa shape index (κ2) is 5.28. The van der Waals surface area contributed by atoms with Crippen molar-refractivity contribution in [2.24, 2.45) is 0 Å². The van der Waals surface area contributed by atoms with Gasteiger partial charge in [0.2, 0.25) is 0 Å². The van der Waals surface area contributed by atoms with E-state index in [0.29, 0.717) is 12.2 Å². The van der Waals surface area contributed by atoms with Crippen LogP contribution in [0.3, 0.4) is 0 Å². The van der Waals surface area contributed by atoms with Crippen LogP contribution in [0.15, 0.2) is 30.3 Å². The Balaban J connectivity index is 2.03. The third-order valence-electron chi connectivity index (χ3n) is 4.14. The van der Waals surface area contributed by atoms with Crippen LogP contribution in [0.1, 0.15) is 53.5 Å². The minimum absolute atomic E-state index is 0.302. The van der Waals surface area contributed by atoms with E-state index in [2.05, 4.69) is 48.7 Å². The van der Waals surface area contributed by atoms with Gasteiger partial charge in [0.1, 0.15) is 0 Å². The van der Waals surface area contributed by atoms with E-state index in [1.54, 1.807) is 0 Å². The molecular formula is C18H21NO. The highest BCUT2D eigenvalue weighted by atomic mass is 16.1. The van der Waals surface area contributed by atoms with Crippen molar-refractivity contribution >= 4 is 5.78 Å². The molecule has 0 N–H and O–H groups in total. The lowest BCUT2D eigenvalue weighted by atomic mass is 9.96. The van der Waals surface area contributed by atoms with Gasteiger partial charge in [0, 0.05) is 29.1 Å². The van der Waals surface area contributed by atoms with Gasteiger partial charge >= 0.3 is 0 Å². The minimum atomic E-state index is 0.302. The molecule has 104 valence electrons. The van der Waals surface area contributed by atoms with E-state index in [0.717, 1.165) is 30.5 Å². The second-order valence-corrected chi connectivity index (χ2v) is 5.67. The highest BCUT2D eigenvalue weighted by molar-refractivity contribution is 5.98. The summed E-state index contributed by atoms with van der Waals surface area (Å²) in [6.07, 6.45) is 4.98. The summed E-state index contributed by atoms with van der Waals surface area (Å²) in [4.78, 5) is 12.0. The molecule has 0 aliphatic heterocycles. The van der Waals surface area contributed by atoms with Gasteiger partial charge < -0.3 is 4.57 Å². The summed E-state index contributed by atoms with van der Waals surface area (Å²) in [5.74, 6) is 0.302. The summed E-state index contributed by atoms with van der Waals surface area (Å²) < 4.78 is 2.25. The Bertz CT molecular complexity index is 634. The van der Waals surface area contributed by atoms with Crippen molar-refractivity contribution in [3.05, 3.63) is 52.8 Å². The Kier molecular flexibility index (Phi) is 3.47. The average molecular weight is 267 g/mol. The summed E-state index contributed by atoms with van der Waals surface area (Å²) in [5.41, 5.74) is 5.85. The Labute approximate surface area is 120 Å². The van der Waals surface area contributed by atoms with Gasteiger partial charge in [-0.25, -0.2) is 0 Å². The quantitative estimate of drug-likeness (QED) is 0.814. The molecule has 3 rings (SSSR count). The maximum absolute atomic E-state index is 12.0. The predicted molar refractivity (Wildman–Crippen MR) is 81.8 cm³/mol. The molecule has 1 heterocycles. The molecule has 0 spiro atoms. The lowest BCUT2D eigenvalue weighted by molar-refractivity contribution is 0.0972. The first-order valence-corrected chi connectivity index (χ1v) is 7.54. The number of fused-ring (bicyclic) bond motifs is 1. The standard InChI is InChI=1S/C18H21NO/c1-3-5-14-8-10-15(11-9-14)19-13(2)12-16-17(19)6-4-7-18(16)20/h8-12H,3-7H2,1-2H3. The molecule has 0 radical (unpaired) electrons. The fourth-order valence-electron chi connectivity index (χ4n) is 3.19. The molecule has 1 aromatic heterocycles. The van der Waals surface area contributed by atoms with Gasteiger partial charge in [0.15, 0.2) is 5.78 Å². The number of hydrogen-bond donors (Lipinski definition) is 0. The van der Waals surface area contributed by atoms with Crippen LogP contribution >= 0.6 is 0 Å². The van der Waals surface area contributed by atoms with Crippen LogP contribution in [0.2, 0.25) is 0 Å². The third kappa shape index (κ3) is 2.20. The molecule has 1 aliphatic rings. The maximum Gasteiger partial charge on any atom is 0.164 e. The van der Waals surface area contributed by atoms with Crippen molar-refractivity contribution in [3.63, 3.8) is 0 Å². The van der Waals surface area contributed by atoms with Gasteiger partial charge in [-0.3, -0.25) is 4.79 Å². The van der Waals surface area contributed by atoms with Gasteiger partial charge in [0.05, 0.1) is 0 Å². The summed E-state index contributed by atoms with van der Waals surface area (Å²) >= 11 is 0. The summed E-state index contributed by atoms with van der Waals surface area (Å²) in [5, 5.41) is 0. The number of carbonyl (C=O) groups excluding carboxylic acids is 1. The van der Waals surface area contributed by atoms with Gasteiger partial charge in [-0.05, 0) is 49.9 Å². The number of hydrogen-bond acceptors (Lipinski definition) is 1. The molecule has 0 saturated heterocycles. The van der Waals surface area contributed by atoms with E-state index >= 15 is 0 Å². The van der Waals surface area contributed by atoms with Gasteiger partial charge in [-0.1, -0.05) is 25.5 Å². The van der Waals surface area contributed by atoms with Crippen LogP contribution in [-0.2, 0) is 12.8 Å². The number of carbonyl (C=O) groups is 1. The molecule has 1 aromatic carbocycles. The number of benzene rings is 1. The molecule has 2 heteroatoms. The fourth-order valence-corrected chi connectivity index (χ4v) is 3.19. The van der Waals surface area contributed by atoms with Gasteiger partial charge in [0.25, 0.3) is 0 Å². The Morgan fingerprint density at radius 3 is 2.60 bits per heavy atom. The lowest BCUT2D eigenvalue weighted by Gasteiger charge is -2.16. The summed E-state index contributed by atoms with van der Waals surface area (Å²) in [7, 11) is 0. The molecule has 0 atom stereocenters. The zero-order valence-corrected chi connectivity index (χ0v) is 12.3. The second-order valence-electron chi connectivity index (χ2n) is 5.67. The van der Waals surface area contributed by atoms with Crippen LogP contribution in [0.4, 0.5) is 0 Å². The largest absolute Gasteiger partial charge is 0.317 e. The van der Waals surface area contributed by atoms with Crippen molar-refractivity contribution in [3.8, 4) is 5.69 Å². The van der Waals surface area contributed by atoms with Crippen LogP contribution in [0.5, 0.6) is 0 Å². The van der Waals surface area contributed by atoms with Crippen molar-refractivity contribution in [2.75, 3.05) is 0 Å². The highest BCUT2D eigenvalue weighted by Gasteiger charge is 2.23. The van der Waals surface area contributed by atoms with E-state index in [4.69, 9.17) is 0 Å². The zero-order valence-electron chi connectivity index (χ0n) is 12.3. The number of ketones is 1. The summed E-state index contributed by atoms with van der Waals surface area (Å²) in [6, 6.07) is 10.8. The van der Waals surface area contributed by atoms with Crippen molar-refractivity contribution in [2.45, 2.75) is 46.0 Å². The highest BCUT2D eigenvalue weighted by Crippen LogP contribution is 2.28. The van der Waals surface area contributed by atoms with E-state index in [-0.39, 0.29) is 0 Å². The molecule has 2 nitrogen and oxygen atoms in total. The predicted octanol–water partition coefficient (Wildman–Crippen LogP) is 4.26. The van der Waals surface area contributed by atoms with Crippen molar-refractivity contribution < 1.29 is 4.79 Å². The SMILES string of the molecule is CCCc1ccc(-n2c(C)cc3c2CCCC3=O)cc1. The first-order valence-electron chi connectivity index (χ1n) is 7.54. The van der Waals surface area contributed by atoms with E-state index in [9.17, 15) is 4.79 Å². The number of aryl methyl sites for hydroxylation is 2. The lowest BCUT2D eigenvalue weighted by Crippen LogP contribution is -2.12. The summed E-state index contributed by atoms with van der Waals surface area (Å²) in [6.45, 7) is 4.29. The topological polar surface area (TPSA) is 22.0 Å². The monoisotopic (exact) mass is 267 g/mol. The molecule has 0 fully saturated rings. The minimum Gasteiger partial charge on any atom is -0.317 e. The van der Waals surface area contributed by atoms with Crippen LogP contribution in [0, 0.1) is 6.92 Å². The normalized spacial score (nSPS) is 14.4. The molecule has 0 amide bonds. The Morgan fingerprint density at radius 1 is 1.15 bits per heavy atom. The van der Waals surface area contributed by atoms with E-state index in [1.807, 2.05) is 0 Å². The molecule has 20 heavy (non-hydrogen) atoms. The number of aromatic nitrogens is 1. The third-order valence-corrected chi connectivity index (χ3v) is 4.14. The number of Topliss-reactive ketones (excluding diaryl/α,β-unsaturated/α-hetero) is 1. The fraction of sp³-hybridized carbons (Fsp3) is 0.389. The molecule has 0 unspecified atom stereocenters. The molecule has 0 saturated carbocycles. The van der Waals surface area contributed by atoms with Gasteiger partial charge in [-0.2, -0.15) is 0 Å². The molecule has 0 bridgehead atoms. The zero-order chi connectivity index (χ0) is 14.1. The maximum atomic E-state index is 12.0. The van der Waals surface area contributed by atoms with Crippen LogP contribution < -0.4 is 0 Å². The first kappa shape index (κ1) is 13.2. The van der Waals surface area contributed by atoms with E-state index in [1.165, 1.54) is 23.4 Å². The molecular weight excluding hydrogens is 246 g/mol. The first-order chi connectivity index (χ1) is 9.70. The van der Waals surface area contributed by atoms with E-state index < -0.39 is 0 Å². The van der Waals surface area contributed by atoms with Crippen molar-refractivity contribution in [1.29, 1.82) is 0 Å². The molecule has 1 aliphatic carbocycles. The van der Waals surface area contributed by atoms with Gasteiger partial charge in [-0.15, -0.1) is 0 Å².